The fraction of sp³-hybridized carbons (Fsp3) is 0.667. The van der Waals surface area contributed by atoms with Gasteiger partial charge >= 0.3 is 11.9 Å². The molecule has 8 heteroatoms. The molecule has 0 aliphatic heterocycles. The predicted octanol–water partition coefficient (Wildman–Crippen LogP) is -1.44. The van der Waals surface area contributed by atoms with Gasteiger partial charge in [0.15, 0.2) is 5.96 Å². The molecule has 0 saturated heterocycles. The van der Waals surface area contributed by atoms with Crippen LogP contribution in [0.15, 0.2) is 4.99 Å². The first-order chi connectivity index (χ1) is 7.93. The molecule has 0 amide bonds. The second-order valence-corrected chi connectivity index (χ2v) is 3.44. The van der Waals surface area contributed by atoms with Gasteiger partial charge in [-0.15, -0.1) is 0 Å². The average Bonchev–Trinajstić information content (AvgIpc) is 2.20. The van der Waals surface area contributed by atoms with E-state index in [2.05, 4.69) is 10.3 Å². The third-order valence-corrected chi connectivity index (χ3v) is 1.97. The number of nitrogens with one attached hydrogen (secondary N) is 1. The number of aliphatic carboxylic acids is 2. The number of nitrogens with two attached hydrogens (primary N) is 2. The van der Waals surface area contributed by atoms with E-state index < -0.39 is 18.0 Å². The van der Waals surface area contributed by atoms with Gasteiger partial charge in [-0.25, -0.2) is 0 Å². The summed E-state index contributed by atoms with van der Waals surface area (Å²) in [4.78, 5) is 24.8. The Kier molecular flexibility index (Phi) is 7.44. The number of aliphatic imine (C=N–C) groups is 1. The quantitative estimate of drug-likeness (QED) is 0.190. The van der Waals surface area contributed by atoms with E-state index in [4.69, 9.17) is 21.7 Å². The standard InChI is InChI=1S/C9H18N4O4/c10-9(11)13-4-1-2-6(8(16)17)12-5-3-7(14)15/h6,12H,1-5H2,(H,14,15)(H,16,17)(H4,10,11,13)/t6-/m1/s1. The van der Waals surface area contributed by atoms with Crippen molar-refractivity contribution in [2.75, 3.05) is 13.1 Å². The van der Waals surface area contributed by atoms with Crippen LogP contribution in [-0.4, -0.2) is 47.2 Å². The molecule has 98 valence electrons. The second-order valence-electron chi connectivity index (χ2n) is 3.44. The molecule has 0 bridgehead atoms. The van der Waals surface area contributed by atoms with Crippen LogP contribution in [0.1, 0.15) is 19.3 Å². The summed E-state index contributed by atoms with van der Waals surface area (Å²) >= 11 is 0. The van der Waals surface area contributed by atoms with Gasteiger partial charge in [0.05, 0.1) is 6.42 Å². The van der Waals surface area contributed by atoms with Gasteiger partial charge < -0.3 is 27.0 Å². The van der Waals surface area contributed by atoms with E-state index in [1.807, 2.05) is 0 Å². The number of carboxylic acids is 2. The lowest BCUT2D eigenvalue weighted by molar-refractivity contribution is -0.141. The lowest BCUT2D eigenvalue weighted by atomic mass is 10.1. The lowest BCUT2D eigenvalue weighted by Crippen LogP contribution is -2.38. The first kappa shape index (κ1) is 15.2. The van der Waals surface area contributed by atoms with Gasteiger partial charge in [0.25, 0.3) is 0 Å². The Morgan fingerprint density at radius 3 is 2.41 bits per heavy atom. The largest absolute Gasteiger partial charge is 0.481 e. The van der Waals surface area contributed by atoms with Crippen molar-refractivity contribution in [3.05, 3.63) is 0 Å². The number of guanidine groups is 1. The van der Waals surface area contributed by atoms with Gasteiger partial charge in [0.1, 0.15) is 6.04 Å². The third-order valence-electron chi connectivity index (χ3n) is 1.97. The molecule has 0 aromatic carbocycles. The van der Waals surface area contributed by atoms with Crippen molar-refractivity contribution in [3.63, 3.8) is 0 Å². The Bertz CT molecular complexity index is 289. The minimum absolute atomic E-state index is 0.0317. The molecule has 0 saturated carbocycles. The van der Waals surface area contributed by atoms with Crippen LogP contribution >= 0.6 is 0 Å². The number of nitrogens with zero attached hydrogens (tertiary/aromatic N) is 1. The van der Waals surface area contributed by atoms with E-state index in [-0.39, 0.29) is 18.9 Å². The molecular formula is C9H18N4O4. The first-order valence-corrected chi connectivity index (χ1v) is 5.17. The van der Waals surface area contributed by atoms with E-state index in [0.717, 1.165) is 0 Å². The summed E-state index contributed by atoms with van der Waals surface area (Å²) in [6, 6.07) is -0.774. The zero-order valence-electron chi connectivity index (χ0n) is 9.43. The molecule has 0 unspecified atom stereocenters. The SMILES string of the molecule is NC(N)=NCCC[C@@H](NCCC(=O)O)C(=O)O. The fourth-order valence-corrected chi connectivity index (χ4v) is 1.17. The highest BCUT2D eigenvalue weighted by Crippen LogP contribution is 1.98. The smallest absolute Gasteiger partial charge is 0.320 e. The van der Waals surface area contributed by atoms with Crippen molar-refractivity contribution in [1.29, 1.82) is 0 Å². The summed E-state index contributed by atoms with van der Waals surface area (Å²) in [7, 11) is 0. The Morgan fingerprint density at radius 2 is 1.94 bits per heavy atom. The summed E-state index contributed by atoms with van der Waals surface area (Å²) < 4.78 is 0. The van der Waals surface area contributed by atoms with E-state index >= 15 is 0 Å². The van der Waals surface area contributed by atoms with Crippen LogP contribution in [0.4, 0.5) is 0 Å². The van der Waals surface area contributed by atoms with Crippen molar-refractivity contribution in [3.8, 4) is 0 Å². The van der Waals surface area contributed by atoms with Crippen molar-refractivity contribution in [2.45, 2.75) is 25.3 Å². The van der Waals surface area contributed by atoms with Crippen molar-refractivity contribution < 1.29 is 19.8 Å². The molecular weight excluding hydrogens is 228 g/mol. The maximum atomic E-state index is 10.8. The average molecular weight is 246 g/mol. The molecule has 1 atom stereocenters. The summed E-state index contributed by atoms with van der Waals surface area (Å²) in [6.45, 7) is 0.474. The van der Waals surface area contributed by atoms with Gasteiger partial charge in [0.2, 0.25) is 0 Å². The molecule has 0 aromatic heterocycles. The van der Waals surface area contributed by atoms with Gasteiger partial charge in [-0.1, -0.05) is 0 Å². The first-order valence-electron chi connectivity index (χ1n) is 5.17. The van der Waals surface area contributed by atoms with Crippen molar-refractivity contribution >= 4 is 17.9 Å². The molecule has 0 aliphatic carbocycles. The highest BCUT2D eigenvalue weighted by Gasteiger charge is 2.16. The van der Waals surface area contributed by atoms with Gasteiger partial charge in [0, 0.05) is 13.1 Å². The predicted molar refractivity (Wildman–Crippen MR) is 61.6 cm³/mol. The van der Waals surface area contributed by atoms with Crippen LogP contribution < -0.4 is 16.8 Å². The van der Waals surface area contributed by atoms with E-state index in [9.17, 15) is 9.59 Å². The number of carbonyl (C=O) groups is 2. The van der Waals surface area contributed by atoms with Gasteiger partial charge in [-0.3, -0.25) is 14.6 Å². The minimum Gasteiger partial charge on any atom is -0.481 e. The van der Waals surface area contributed by atoms with E-state index in [0.29, 0.717) is 19.4 Å². The third kappa shape index (κ3) is 9.12. The molecule has 8 nitrogen and oxygen atoms in total. The Balaban J connectivity index is 3.87. The maximum absolute atomic E-state index is 10.8. The van der Waals surface area contributed by atoms with Crippen LogP contribution in [0.3, 0.4) is 0 Å². The number of hydrogen-bond acceptors (Lipinski definition) is 4. The van der Waals surface area contributed by atoms with Gasteiger partial charge in [-0.2, -0.15) is 0 Å². The Morgan fingerprint density at radius 1 is 1.29 bits per heavy atom. The molecule has 0 fully saturated rings. The number of hydrogen-bond donors (Lipinski definition) is 5. The second kappa shape index (κ2) is 8.34. The lowest BCUT2D eigenvalue weighted by Gasteiger charge is -2.12. The molecule has 17 heavy (non-hydrogen) atoms. The maximum Gasteiger partial charge on any atom is 0.320 e. The normalized spacial score (nSPS) is 11.8. The van der Waals surface area contributed by atoms with Crippen LogP contribution in [0.5, 0.6) is 0 Å². The fourth-order valence-electron chi connectivity index (χ4n) is 1.17. The Labute approximate surface area is 98.7 Å². The van der Waals surface area contributed by atoms with Crippen LogP contribution in [0.2, 0.25) is 0 Å². The summed E-state index contributed by atoms with van der Waals surface area (Å²) in [5, 5.41) is 19.9. The number of rotatable bonds is 9. The molecule has 0 radical (unpaired) electrons. The van der Waals surface area contributed by atoms with Gasteiger partial charge in [-0.05, 0) is 12.8 Å². The van der Waals surface area contributed by atoms with E-state index in [1.165, 1.54) is 0 Å². The van der Waals surface area contributed by atoms with E-state index in [1.54, 1.807) is 0 Å². The van der Waals surface area contributed by atoms with Crippen LogP contribution in [0, 0.1) is 0 Å². The molecule has 0 rings (SSSR count). The van der Waals surface area contributed by atoms with Crippen molar-refractivity contribution in [1.82, 2.24) is 5.32 Å². The number of carboxylic acid groups (broad SMARTS) is 2. The topological polar surface area (TPSA) is 151 Å². The zero-order valence-corrected chi connectivity index (χ0v) is 9.43. The highest BCUT2D eigenvalue weighted by atomic mass is 16.4. The van der Waals surface area contributed by atoms with Crippen LogP contribution in [0.25, 0.3) is 0 Å². The summed E-state index contributed by atoms with van der Waals surface area (Å²) in [5.74, 6) is -2.02. The zero-order chi connectivity index (χ0) is 13.3. The summed E-state index contributed by atoms with van der Waals surface area (Å²) in [6.07, 6.45) is 0.734. The summed E-state index contributed by atoms with van der Waals surface area (Å²) in [5.41, 5.74) is 10.2. The monoisotopic (exact) mass is 246 g/mol. The van der Waals surface area contributed by atoms with Crippen molar-refractivity contribution in [2.24, 2.45) is 16.5 Å². The molecule has 0 aromatic rings. The highest BCUT2D eigenvalue weighted by molar-refractivity contribution is 5.75. The molecule has 0 aliphatic rings. The molecule has 0 heterocycles. The molecule has 7 N–H and O–H groups in total. The minimum atomic E-state index is -1.01. The Hall–Kier alpha value is -1.83. The van der Waals surface area contributed by atoms with Crippen LogP contribution in [-0.2, 0) is 9.59 Å². The molecule has 0 spiro atoms.